The second kappa shape index (κ2) is 9.21. The molecule has 0 aliphatic rings. The predicted molar refractivity (Wildman–Crippen MR) is 106 cm³/mol. The zero-order valence-electron chi connectivity index (χ0n) is 14.2. The van der Waals surface area contributed by atoms with Crippen molar-refractivity contribution in [1.29, 1.82) is 0 Å². The van der Waals surface area contributed by atoms with Crippen LogP contribution >= 0.6 is 22.7 Å². The molecule has 0 atom stereocenters. The topological polar surface area (TPSA) is 76.5 Å². The van der Waals surface area contributed by atoms with Gasteiger partial charge in [0.1, 0.15) is 5.75 Å². The summed E-state index contributed by atoms with van der Waals surface area (Å²) >= 11 is 2.81. The van der Waals surface area contributed by atoms with Gasteiger partial charge in [0.2, 0.25) is 10.3 Å². The highest BCUT2D eigenvalue weighted by atomic mass is 32.1. The first-order chi connectivity index (χ1) is 12.7. The van der Waals surface area contributed by atoms with Gasteiger partial charge in [-0.1, -0.05) is 30.7 Å². The summed E-state index contributed by atoms with van der Waals surface area (Å²) in [6.45, 7) is 2.80. The van der Waals surface area contributed by atoms with Crippen molar-refractivity contribution in [1.82, 2.24) is 10.2 Å². The number of nitrogens with one attached hydrogen (secondary N) is 1. The molecule has 3 rings (SSSR count). The standard InChI is InChI=1S/C18H18N4O2S2/c1-2-3-10-24-14-8-6-13(7-9-14)16(23)20-18-22-21-17(26-18)19-12-15-5-4-11-25-15/h4-9,11-12H,2-3,10H2,1H3,(H,20,22,23)/b19-12+. The smallest absolute Gasteiger partial charge is 0.257 e. The number of hydrogen-bond acceptors (Lipinski definition) is 7. The number of ether oxygens (including phenoxy) is 1. The third kappa shape index (κ3) is 5.21. The molecule has 0 aliphatic heterocycles. The minimum Gasteiger partial charge on any atom is -0.494 e. The average molecular weight is 387 g/mol. The number of amides is 1. The second-order valence-electron chi connectivity index (χ2n) is 5.34. The van der Waals surface area contributed by atoms with Crippen molar-refractivity contribution in [2.45, 2.75) is 19.8 Å². The lowest BCUT2D eigenvalue weighted by molar-refractivity contribution is 0.102. The van der Waals surface area contributed by atoms with E-state index in [1.54, 1.807) is 41.8 Å². The van der Waals surface area contributed by atoms with E-state index in [4.69, 9.17) is 4.74 Å². The monoisotopic (exact) mass is 386 g/mol. The summed E-state index contributed by atoms with van der Waals surface area (Å²) in [7, 11) is 0. The van der Waals surface area contributed by atoms with Crippen LogP contribution in [0.2, 0.25) is 0 Å². The summed E-state index contributed by atoms with van der Waals surface area (Å²) in [5.74, 6) is 0.520. The van der Waals surface area contributed by atoms with Crippen molar-refractivity contribution < 1.29 is 9.53 Å². The Bertz CT molecular complexity index is 858. The molecule has 6 nitrogen and oxygen atoms in total. The van der Waals surface area contributed by atoms with E-state index in [1.165, 1.54) is 11.3 Å². The molecule has 0 fully saturated rings. The molecule has 3 aromatic rings. The van der Waals surface area contributed by atoms with Crippen molar-refractivity contribution in [2.75, 3.05) is 11.9 Å². The van der Waals surface area contributed by atoms with Gasteiger partial charge >= 0.3 is 0 Å². The zero-order valence-corrected chi connectivity index (χ0v) is 15.8. The number of rotatable bonds is 8. The molecule has 134 valence electrons. The van der Waals surface area contributed by atoms with Crippen LogP contribution in [0, 0.1) is 0 Å². The van der Waals surface area contributed by atoms with E-state index in [-0.39, 0.29) is 5.91 Å². The van der Waals surface area contributed by atoms with Gasteiger partial charge in [-0.3, -0.25) is 10.1 Å². The number of carbonyl (C=O) groups is 1. The van der Waals surface area contributed by atoms with Crippen molar-refractivity contribution in [3.8, 4) is 5.75 Å². The SMILES string of the molecule is CCCCOc1ccc(C(=O)Nc2nnc(/N=C/c3cccs3)s2)cc1. The molecule has 1 N–H and O–H groups in total. The Morgan fingerprint density at radius 1 is 1.27 bits per heavy atom. The molecule has 0 saturated carbocycles. The van der Waals surface area contributed by atoms with Gasteiger partial charge < -0.3 is 4.74 Å². The third-order valence-electron chi connectivity index (χ3n) is 3.36. The van der Waals surface area contributed by atoms with Crippen molar-refractivity contribution in [2.24, 2.45) is 4.99 Å². The Morgan fingerprint density at radius 2 is 2.12 bits per heavy atom. The summed E-state index contributed by atoms with van der Waals surface area (Å²) in [5, 5.41) is 13.5. The Labute approximate surface area is 159 Å². The molecule has 0 spiro atoms. The molecule has 1 amide bonds. The van der Waals surface area contributed by atoms with E-state index in [0.717, 1.165) is 23.5 Å². The van der Waals surface area contributed by atoms with Gasteiger partial charge in [-0.25, -0.2) is 4.99 Å². The van der Waals surface area contributed by atoms with Crippen molar-refractivity contribution in [3.63, 3.8) is 0 Å². The minimum absolute atomic E-state index is 0.241. The highest BCUT2D eigenvalue weighted by molar-refractivity contribution is 7.19. The molecule has 26 heavy (non-hydrogen) atoms. The van der Waals surface area contributed by atoms with Crippen LogP contribution in [-0.4, -0.2) is 28.9 Å². The number of benzene rings is 1. The summed E-state index contributed by atoms with van der Waals surface area (Å²) in [5.41, 5.74) is 0.534. The first-order valence-electron chi connectivity index (χ1n) is 8.20. The number of thiophene rings is 1. The summed E-state index contributed by atoms with van der Waals surface area (Å²) < 4.78 is 5.59. The van der Waals surface area contributed by atoms with Crippen LogP contribution in [0.4, 0.5) is 10.3 Å². The number of unbranched alkanes of at least 4 members (excludes halogenated alkanes) is 1. The number of carbonyl (C=O) groups excluding carboxylic acids is 1. The van der Waals surface area contributed by atoms with Crippen LogP contribution in [-0.2, 0) is 0 Å². The largest absolute Gasteiger partial charge is 0.494 e. The molecule has 0 unspecified atom stereocenters. The van der Waals surface area contributed by atoms with E-state index in [2.05, 4.69) is 27.4 Å². The molecule has 2 aromatic heterocycles. The zero-order chi connectivity index (χ0) is 18.2. The molecule has 8 heteroatoms. The second-order valence-corrected chi connectivity index (χ2v) is 7.28. The lowest BCUT2D eigenvalue weighted by Gasteiger charge is -2.06. The van der Waals surface area contributed by atoms with Crippen LogP contribution in [0.5, 0.6) is 5.75 Å². The van der Waals surface area contributed by atoms with Gasteiger partial charge in [0.05, 0.1) is 6.61 Å². The van der Waals surface area contributed by atoms with Gasteiger partial charge in [0, 0.05) is 16.7 Å². The molecule has 0 saturated heterocycles. The first-order valence-corrected chi connectivity index (χ1v) is 9.89. The number of anilines is 1. The van der Waals surface area contributed by atoms with Crippen LogP contribution in [0.25, 0.3) is 0 Å². The van der Waals surface area contributed by atoms with Crippen molar-refractivity contribution >= 4 is 45.1 Å². The summed E-state index contributed by atoms with van der Waals surface area (Å²) in [6, 6.07) is 11.0. The highest BCUT2D eigenvalue weighted by Crippen LogP contribution is 2.23. The fourth-order valence-electron chi connectivity index (χ4n) is 2.01. The molecule has 2 heterocycles. The first kappa shape index (κ1) is 18.2. The Kier molecular flexibility index (Phi) is 6.45. The molecular formula is C18H18N4O2S2. The van der Waals surface area contributed by atoms with E-state index < -0.39 is 0 Å². The Morgan fingerprint density at radius 3 is 2.85 bits per heavy atom. The van der Waals surface area contributed by atoms with Gasteiger partial charge in [-0.2, -0.15) is 0 Å². The van der Waals surface area contributed by atoms with Gasteiger partial charge in [-0.05, 0) is 42.1 Å². The minimum atomic E-state index is -0.241. The van der Waals surface area contributed by atoms with Crippen molar-refractivity contribution in [3.05, 3.63) is 52.2 Å². The summed E-state index contributed by atoms with van der Waals surface area (Å²) in [4.78, 5) is 17.6. The van der Waals surface area contributed by atoms with Gasteiger partial charge in [0.15, 0.2) is 0 Å². The van der Waals surface area contributed by atoms with E-state index in [0.29, 0.717) is 22.4 Å². The molecule has 0 bridgehead atoms. The maximum atomic E-state index is 12.3. The fraction of sp³-hybridized carbons (Fsp3) is 0.222. The van der Waals surface area contributed by atoms with Crippen LogP contribution in [0.3, 0.4) is 0 Å². The lowest BCUT2D eigenvalue weighted by Crippen LogP contribution is -2.11. The van der Waals surface area contributed by atoms with Gasteiger partial charge in [0.25, 0.3) is 5.91 Å². The number of nitrogens with zero attached hydrogens (tertiary/aromatic N) is 3. The summed E-state index contributed by atoms with van der Waals surface area (Å²) in [6.07, 6.45) is 3.83. The maximum Gasteiger partial charge on any atom is 0.257 e. The molecule has 0 radical (unpaired) electrons. The van der Waals surface area contributed by atoms with Crippen LogP contribution in [0.1, 0.15) is 35.0 Å². The number of aromatic nitrogens is 2. The van der Waals surface area contributed by atoms with E-state index >= 15 is 0 Å². The average Bonchev–Trinajstić information content (AvgIpc) is 3.32. The molecule has 0 aliphatic carbocycles. The Balaban J connectivity index is 1.56. The van der Waals surface area contributed by atoms with E-state index in [9.17, 15) is 4.79 Å². The molecule has 1 aromatic carbocycles. The normalized spacial score (nSPS) is 11.0. The lowest BCUT2D eigenvalue weighted by atomic mass is 10.2. The highest BCUT2D eigenvalue weighted by Gasteiger charge is 2.10. The molecular weight excluding hydrogens is 368 g/mol. The predicted octanol–water partition coefficient (Wildman–Crippen LogP) is 4.78. The van der Waals surface area contributed by atoms with Crippen LogP contribution in [0.15, 0.2) is 46.8 Å². The third-order valence-corrected chi connectivity index (χ3v) is 4.92. The quantitative estimate of drug-likeness (QED) is 0.446. The van der Waals surface area contributed by atoms with E-state index in [1.807, 2.05) is 17.5 Å². The van der Waals surface area contributed by atoms with Gasteiger partial charge in [-0.15, -0.1) is 21.5 Å². The number of aliphatic imine (C=N–C) groups is 1. The maximum absolute atomic E-state index is 12.3. The van der Waals surface area contributed by atoms with Crippen LogP contribution < -0.4 is 10.1 Å². The Hall–Kier alpha value is -2.58. The fourth-order valence-corrected chi connectivity index (χ4v) is 3.18. The number of hydrogen-bond donors (Lipinski definition) is 1.